The van der Waals surface area contributed by atoms with E-state index in [0.717, 1.165) is 29.9 Å². The molecule has 31 heavy (non-hydrogen) atoms. The third-order valence-corrected chi connectivity index (χ3v) is 5.76. The minimum atomic E-state index is -0.252. The highest BCUT2D eigenvalue weighted by Crippen LogP contribution is 2.23. The molecular weight excluding hydrogens is 394 g/mol. The number of aromatic nitrogens is 1. The van der Waals surface area contributed by atoms with Crippen LogP contribution in [0.1, 0.15) is 36.3 Å². The van der Waals surface area contributed by atoms with Crippen LogP contribution in [0.4, 0.5) is 0 Å². The molecule has 1 unspecified atom stereocenters. The maximum absolute atomic E-state index is 13.1. The first-order chi connectivity index (χ1) is 14.7. The second-order valence-electron chi connectivity index (χ2n) is 8.38. The molecule has 8 heteroatoms. The molecule has 1 atom stereocenters. The van der Waals surface area contributed by atoms with Gasteiger partial charge < -0.3 is 19.1 Å². The summed E-state index contributed by atoms with van der Waals surface area (Å²) < 4.78 is 7.44. The Kier molecular flexibility index (Phi) is 8.84. The lowest BCUT2D eigenvalue weighted by atomic mass is 10.1. The fourth-order valence-corrected chi connectivity index (χ4v) is 4.08. The van der Waals surface area contributed by atoms with E-state index in [1.807, 2.05) is 19.9 Å². The number of carbonyl (C=O) groups is 2. The molecule has 0 spiro atoms. The van der Waals surface area contributed by atoms with Gasteiger partial charge in [0.2, 0.25) is 5.91 Å². The number of rotatable bonds is 7. The van der Waals surface area contributed by atoms with Gasteiger partial charge >= 0.3 is 0 Å². The second kappa shape index (κ2) is 11.1. The lowest BCUT2D eigenvalue weighted by Crippen LogP contribution is -2.39. The van der Waals surface area contributed by atoms with Crippen LogP contribution in [0.3, 0.4) is 0 Å². The molecular formula is C23H35N5O3. The van der Waals surface area contributed by atoms with Crippen molar-refractivity contribution in [3.63, 3.8) is 0 Å². The van der Waals surface area contributed by atoms with E-state index in [0.29, 0.717) is 32.8 Å². The number of hydrogen-bond donors (Lipinski definition) is 0. The average Bonchev–Trinajstić information content (AvgIpc) is 2.86. The van der Waals surface area contributed by atoms with Gasteiger partial charge in [0.25, 0.3) is 5.91 Å². The zero-order valence-corrected chi connectivity index (χ0v) is 19.6. The van der Waals surface area contributed by atoms with Crippen molar-refractivity contribution in [2.24, 2.45) is 0 Å². The van der Waals surface area contributed by atoms with Gasteiger partial charge in [-0.15, -0.1) is 0 Å². The van der Waals surface area contributed by atoms with E-state index in [1.165, 1.54) is 0 Å². The number of amides is 2. The molecule has 0 radical (unpaired) electrons. The smallest absolute Gasteiger partial charge is 0.264 e. The predicted octanol–water partition coefficient (Wildman–Crippen LogP) is 1.84. The number of hydrogen-bond acceptors (Lipinski definition) is 5. The zero-order chi connectivity index (χ0) is 23.1. The molecule has 1 fully saturated rings. The Morgan fingerprint density at radius 2 is 1.97 bits per heavy atom. The molecule has 2 rings (SSSR count). The summed E-state index contributed by atoms with van der Waals surface area (Å²) >= 11 is 0. The number of likely N-dealkylation sites (N-methyl/N-ethyl adjacent to an activating group) is 1. The number of aryl methyl sites for hydroxylation is 1. The largest absolute Gasteiger partial charge is 0.383 e. The summed E-state index contributed by atoms with van der Waals surface area (Å²) in [5.41, 5.74) is 3.08. The molecule has 1 aromatic heterocycles. The maximum Gasteiger partial charge on any atom is 0.264 e. The third-order valence-electron chi connectivity index (χ3n) is 5.76. The summed E-state index contributed by atoms with van der Waals surface area (Å²) in [7, 11) is 5.16. The molecule has 8 nitrogen and oxygen atoms in total. The molecule has 1 aliphatic rings. The highest BCUT2D eigenvalue weighted by atomic mass is 16.5. The SMILES string of the molecule is COCC(C)n1c(C)cc(/C=C(/C#N)C(=O)N2CCCN(CC(=O)N(C)C)CC2)c1C. The Morgan fingerprint density at radius 3 is 2.58 bits per heavy atom. The van der Waals surface area contributed by atoms with Gasteiger partial charge in [-0.2, -0.15) is 5.26 Å². The Bertz CT molecular complexity index is 865. The number of carbonyl (C=O) groups excluding carboxylic acids is 2. The van der Waals surface area contributed by atoms with Gasteiger partial charge in [0.1, 0.15) is 11.6 Å². The Hall–Kier alpha value is -2.63. The lowest BCUT2D eigenvalue weighted by Gasteiger charge is -2.22. The molecule has 2 amide bonds. The molecule has 0 bridgehead atoms. The van der Waals surface area contributed by atoms with E-state index < -0.39 is 0 Å². The van der Waals surface area contributed by atoms with E-state index in [-0.39, 0.29) is 23.4 Å². The highest BCUT2D eigenvalue weighted by molar-refractivity contribution is 6.01. The van der Waals surface area contributed by atoms with Crippen molar-refractivity contribution in [3.8, 4) is 6.07 Å². The standard InChI is InChI=1S/C23H35N5O3/c1-17-12-20(19(3)28(17)18(2)16-31-6)13-21(14-24)23(30)27-9-7-8-26(10-11-27)15-22(29)25(4)5/h12-13,18H,7-11,15-16H2,1-6H3/b21-13-. The first kappa shape index (κ1) is 24.6. The fraction of sp³-hybridized carbons (Fsp3) is 0.609. The maximum atomic E-state index is 13.1. The minimum absolute atomic E-state index is 0.0513. The van der Waals surface area contributed by atoms with Gasteiger partial charge in [0.15, 0.2) is 0 Å². The van der Waals surface area contributed by atoms with Gasteiger partial charge in [-0.1, -0.05) is 0 Å². The van der Waals surface area contributed by atoms with E-state index in [1.54, 1.807) is 37.1 Å². The third kappa shape index (κ3) is 6.18. The Labute approximate surface area is 185 Å². The van der Waals surface area contributed by atoms with Crippen LogP contribution < -0.4 is 0 Å². The van der Waals surface area contributed by atoms with Crippen LogP contribution in [0, 0.1) is 25.2 Å². The Balaban J connectivity index is 2.15. The average molecular weight is 430 g/mol. The van der Waals surface area contributed by atoms with Crippen molar-refractivity contribution < 1.29 is 14.3 Å². The predicted molar refractivity (Wildman–Crippen MR) is 120 cm³/mol. The number of nitrogens with zero attached hydrogens (tertiary/aromatic N) is 5. The minimum Gasteiger partial charge on any atom is -0.383 e. The Morgan fingerprint density at radius 1 is 1.26 bits per heavy atom. The monoisotopic (exact) mass is 429 g/mol. The van der Waals surface area contributed by atoms with Crippen molar-refractivity contribution >= 4 is 17.9 Å². The topological polar surface area (TPSA) is 81.8 Å². The molecule has 0 aliphatic carbocycles. The van der Waals surface area contributed by atoms with Crippen molar-refractivity contribution in [3.05, 3.63) is 28.6 Å². The molecule has 2 heterocycles. The summed E-state index contributed by atoms with van der Waals surface area (Å²) in [6.45, 7) is 9.49. The molecule has 0 saturated carbocycles. The van der Waals surface area contributed by atoms with E-state index >= 15 is 0 Å². The van der Waals surface area contributed by atoms with E-state index in [2.05, 4.69) is 22.5 Å². The van der Waals surface area contributed by atoms with Crippen LogP contribution in [-0.2, 0) is 14.3 Å². The molecule has 0 N–H and O–H groups in total. The summed E-state index contributed by atoms with van der Waals surface area (Å²) in [4.78, 5) is 30.4. The number of nitriles is 1. The summed E-state index contributed by atoms with van der Waals surface area (Å²) in [5.74, 6) is -0.200. The van der Waals surface area contributed by atoms with Crippen molar-refractivity contribution in [2.75, 3.05) is 60.5 Å². The van der Waals surface area contributed by atoms with Crippen LogP contribution in [0.15, 0.2) is 11.6 Å². The summed E-state index contributed by atoms with van der Waals surface area (Å²) in [6.07, 6.45) is 2.47. The first-order valence-corrected chi connectivity index (χ1v) is 10.7. The number of methoxy groups -OCH3 is 1. The van der Waals surface area contributed by atoms with Crippen molar-refractivity contribution in [1.82, 2.24) is 19.3 Å². The van der Waals surface area contributed by atoms with Gasteiger partial charge in [0, 0.05) is 58.8 Å². The van der Waals surface area contributed by atoms with Gasteiger partial charge in [-0.3, -0.25) is 14.5 Å². The molecule has 1 saturated heterocycles. The normalized spacial score (nSPS) is 16.5. The van der Waals surface area contributed by atoms with Crippen LogP contribution in [0.5, 0.6) is 0 Å². The second-order valence-corrected chi connectivity index (χ2v) is 8.38. The number of ether oxygens (including phenoxy) is 1. The van der Waals surface area contributed by atoms with Crippen molar-refractivity contribution in [1.29, 1.82) is 5.26 Å². The van der Waals surface area contributed by atoms with Crippen LogP contribution in [0.25, 0.3) is 6.08 Å². The quantitative estimate of drug-likeness (QED) is 0.488. The van der Waals surface area contributed by atoms with E-state index in [4.69, 9.17) is 4.74 Å². The van der Waals surface area contributed by atoms with Crippen molar-refractivity contribution in [2.45, 2.75) is 33.2 Å². The van der Waals surface area contributed by atoms with Gasteiger partial charge in [-0.25, -0.2) is 0 Å². The molecule has 170 valence electrons. The first-order valence-electron chi connectivity index (χ1n) is 10.7. The molecule has 0 aromatic carbocycles. The highest BCUT2D eigenvalue weighted by Gasteiger charge is 2.24. The van der Waals surface area contributed by atoms with E-state index in [9.17, 15) is 14.9 Å². The van der Waals surface area contributed by atoms with Crippen LogP contribution in [0.2, 0.25) is 0 Å². The lowest BCUT2D eigenvalue weighted by molar-refractivity contribution is -0.129. The van der Waals surface area contributed by atoms with Gasteiger partial charge in [0.05, 0.1) is 19.2 Å². The van der Waals surface area contributed by atoms with Crippen LogP contribution >= 0.6 is 0 Å². The molecule has 1 aliphatic heterocycles. The fourth-order valence-electron chi connectivity index (χ4n) is 4.08. The van der Waals surface area contributed by atoms with Crippen LogP contribution in [-0.4, -0.2) is 91.6 Å². The summed E-state index contributed by atoms with van der Waals surface area (Å²) in [5, 5.41) is 9.70. The zero-order valence-electron chi connectivity index (χ0n) is 19.6. The molecule has 1 aromatic rings. The summed E-state index contributed by atoms with van der Waals surface area (Å²) in [6, 6.07) is 4.26. The van der Waals surface area contributed by atoms with Gasteiger partial charge in [-0.05, 0) is 44.9 Å².